The molecule has 134 valence electrons. The maximum Gasteiger partial charge on any atom is 0.266 e. The Morgan fingerprint density at radius 2 is 1.93 bits per heavy atom. The summed E-state index contributed by atoms with van der Waals surface area (Å²) in [6, 6.07) is 16.1. The molecule has 0 atom stereocenters. The van der Waals surface area contributed by atoms with Gasteiger partial charge in [0, 0.05) is 22.3 Å². The summed E-state index contributed by atoms with van der Waals surface area (Å²) in [5, 5.41) is 12.6. The molecule has 1 heterocycles. The molecule has 1 N–H and O–H groups in total. The third-order valence-electron chi connectivity index (χ3n) is 3.84. The first-order chi connectivity index (χ1) is 13.0. The summed E-state index contributed by atoms with van der Waals surface area (Å²) in [4.78, 5) is 12.4. The minimum absolute atomic E-state index is 0.107. The van der Waals surface area contributed by atoms with Crippen molar-refractivity contribution in [2.24, 2.45) is 0 Å². The average molecular weight is 381 g/mol. The number of furan rings is 1. The number of nitrogens with one attached hydrogen (secondary N) is 1. The van der Waals surface area contributed by atoms with Crippen LogP contribution < -0.4 is 5.32 Å². The van der Waals surface area contributed by atoms with Crippen LogP contribution in [0.3, 0.4) is 0 Å². The smallest absolute Gasteiger partial charge is 0.266 e. The molecule has 0 unspecified atom stereocenters. The number of hydrogen-bond donors (Lipinski definition) is 1. The first-order valence-corrected chi connectivity index (χ1v) is 8.39. The number of hydrogen-bond acceptors (Lipinski definition) is 3. The first kappa shape index (κ1) is 18.4. The molecule has 1 amide bonds. The van der Waals surface area contributed by atoms with Gasteiger partial charge >= 0.3 is 0 Å². The average Bonchev–Trinajstić information content (AvgIpc) is 3.11. The molecule has 0 fully saturated rings. The number of carbonyl (C=O) groups is 1. The molecule has 1 aromatic heterocycles. The van der Waals surface area contributed by atoms with Crippen molar-refractivity contribution in [1.29, 1.82) is 5.26 Å². The van der Waals surface area contributed by atoms with Gasteiger partial charge in [0.2, 0.25) is 0 Å². The zero-order chi connectivity index (χ0) is 19.4. The highest BCUT2D eigenvalue weighted by Crippen LogP contribution is 2.24. The Labute approximate surface area is 160 Å². The lowest BCUT2D eigenvalue weighted by molar-refractivity contribution is -0.112. The number of anilines is 1. The lowest BCUT2D eigenvalue weighted by atomic mass is 10.1. The van der Waals surface area contributed by atoms with E-state index >= 15 is 0 Å². The van der Waals surface area contributed by atoms with Gasteiger partial charge in [-0.15, -0.1) is 0 Å². The summed E-state index contributed by atoms with van der Waals surface area (Å²) in [6.07, 6.45) is 1.35. The topological polar surface area (TPSA) is 66.0 Å². The predicted octanol–water partition coefficient (Wildman–Crippen LogP) is 5.59. The van der Waals surface area contributed by atoms with Crippen LogP contribution in [-0.4, -0.2) is 5.91 Å². The third kappa shape index (κ3) is 4.43. The van der Waals surface area contributed by atoms with E-state index in [2.05, 4.69) is 5.32 Å². The Kier molecular flexibility index (Phi) is 5.39. The van der Waals surface area contributed by atoms with E-state index in [1.165, 1.54) is 18.2 Å². The van der Waals surface area contributed by atoms with Gasteiger partial charge in [-0.2, -0.15) is 5.26 Å². The minimum Gasteiger partial charge on any atom is -0.457 e. The molecular weight excluding hydrogens is 367 g/mol. The molecule has 27 heavy (non-hydrogen) atoms. The molecule has 0 spiro atoms. The van der Waals surface area contributed by atoms with Crippen LogP contribution in [0.25, 0.3) is 17.4 Å². The Balaban J connectivity index is 1.81. The second-order valence-corrected chi connectivity index (χ2v) is 6.23. The second-order valence-electron chi connectivity index (χ2n) is 5.79. The summed E-state index contributed by atoms with van der Waals surface area (Å²) in [5.74, 6) is -0.0460. The van der Waals surface area contributed by atoms with Crippen molar-refractivity contribution >= 4 is 29.3 Å². The molecular formula is C21H14ClFN2O2. The van der Waals surface area contributed by atoms with Gasteiger partial charge in [-0.05, 0) is 67.1 Å². The van der Waals surface area contributed by atoms with Crippen molar-refractivity contribution in [3.63, 3.8) is 0 Å². The van der Waals surface area contributed by atoms with E-state index in [-0.39, 0.29) is 11.4 Å². The van der Waals surface area contributed by atoms with Crippen molar-refractivity contribution < 1.29 is 13.6 Å². The lowest BCUT2D eigenvalue weighted by Crippen LogP contribution is -2.14. The predicted molar refractivity (Wildman–Crippen MR) is 103 cm³/mol. The maximum absolute atomic E-state index is 13.0. The standard InChI is InChI=1S/C21H14ClFN2O2/c1-13-10-16(22)4-8-19(13)25-21(26)15(12-24)11-18-7-9-20(27-18)14-2-5-17(23)6-3-14/h2-11H,1H3,(H,25,26)/b15-11+. The van der Waals surface area contributed by atoms with E-state index < -0.39 is 5.91 Å². The largest absolute Gasteiger partial charge is 0.457 e. The Hall–Kier alpha value is -3.36. The lowest BCUT2D eigenvalue weighted by Gasteiger charge is -2.07. The summed E-state index contributed by atoms with van der Waals surface area (Å²) < 4.78 is 18.7. The Bertz CT molecular complexity index is 1060. The van der Waals surface area contributed by atoms with Crippen molar-refractivity contribution in [1.82, 2.24) is 0 Å². The number of nitriles is 1. The molecule has 0 aliphatic heterocycles. The number of nitrogens with zero attached hydrogens (tertiary/aromatic N) is 1. The van der Waals surface area contributed by atoms with Gasteiger partial charge in [0.05, 0.1) is 0 Å². The van der Waals surface area contributed by atoms with Crippen LogP contribution in [0.4, 0.5) is 10.1 Å². The number of aryl methyl sites for hydroxylation is 1. The molecule has 2 aromatic carbocycles. The molecule has 0 saturated heterocycles. The fraction of sp³-hybridized carbons (Fsp3) is 0.0476. The van der Waals surface area contributed by atoms with Crippen molar-refractivity contribution in [3.05, 3.63) is 82.3 Å². The summed E-state index contributed by atoms with van der Waals surface area (Å²) >= 11 is 5.90. The molecule has 4 nitrogen and oxygen atoms in total. The van der Waals surface area contributed by atoms with Crippen LogP contribution in [0.5, 0.6) is 0 Å². The normalized spacial score (nSPS) is 11.1. The van der Waals surface area contributed by atoms with Crippen LogP contribution in [0.1, 0.15) is 11.3 Å². The molecule has 0 saturated carbocycles. The summed E-state index contributed by atoms with van der Waals surface area (Å²) in [5.41, 5.74) is 1.93. The quantitative estimate of drug-likeness (QED) is 0.473. The number of benzene rings is 2. The number of halogens is 2. The summed E-state index contributed by atoms with van der Waals surface area (Å²) in [6.45, 7) is 1.80. The number of carbonyl (C=O) groups excluding carboxylic acids is 1. The molecule has 3 rings (SSSR count). The SMILES string of the molecule is Cc1cc(Cl)ccc1NC(=O)/C(C#N)=C/c1ccc(-c2ccc(F)cc2)o1. The zero-order valence-electron chi connectivity index (χ0n) is 14.3. The molecule has 0 aliphatic carbocycles. The summed E-state index contributed by atoms with van der Waals surface area (Å²) in [7, 11) is 0. The van der Waals surface area contributed by atoms with Gasteiger partial charge < -0.3 is 9.73 Å². The fourth-order valence-electron chi connectivity index (χ4n) is 2.45. The van der Waals surface area contributed by atoms with Gasteiger partial charge in [-0.25, -0.2) is 4.39 Å². The van der Waals surface area contributed by atoms with E-state index in [0.29, 0.717) is 27.8 Å². The first-order valence-electron chi connectivity index (χ1n) is 8.01. The third-order valence-corrected chi connectivity index (χ3v) is 4.08. The Morgan fingerprint density at radius 1 is 1.19 bits per heavy atom. The van der Waals surface area contributed by atoms with E-state index in [1.807, 2.05) is 6.07 Å². The number of rotatable bonds is 4. The molecule has 0 radical (unpaired) electrons. The van der Waals surface area contributed by atoms with E-state index in [4.69, 9.17) is 16.0 Å². The van der Waals surface area contributed by atoms with Crippen LogP contribution in [0, 0.1) is 24.1 Å². The van der Waals surface area contributed by atoms with Crippen LogP contribution in [0.15, 0.2) is 64.6 Å². The second kappa shape index (κ2) is 7.90. The molecule has 6 heteroatoms. The van der Waals surface area contributed by atoms with Crippen molar-refractivity contribution in [2.75, 3.05) is 5.32 Å². The van der Waals surface area contributed by atoms with Crippen LogP contribution in [0.2, 0.25) is 5.02 Å². The van der Waals surface area contributed by atoms with Gasteiger partial charge in [0.25, 0.3) is 5.91 Å². The van der Waals surface area contributed by atoms with Crippen molar-refractivity contribution in [3.8, 4) is 17.4 Å². The molecule has 0 bridgehead atoms. The maximum atomic E-state index is 13.0. The van der Waals surface area contributed by atoms with Gasteiger partial charge in [-0.1, -0.05) is 11.6 Å². The van der Waals surface area contributed by atoms with Crippen molar-refractivity contribution in [2.45, 2.75) is 6.92 Å². The minimum atomic E-state index is -0.553. The zero-order valence-corrected chi connectivity index (χ0v) is 15.0. The van der Waals surface area contributed by atoms with Gasteiger partial charge in [0.15, 0.2) is 0 Å². The highest BCUT2D eigenvalue weighted by molar-refractivity contribution is 6.30. The van der Waals surface area contributed by atoms with Gasteiger partial charge in [-0.3, -0.25) is 4.79 Å². The highest BCUT2D eigenvalue weighted by atomic mass is 35.5. The van der Waals surface area contributed by atoms with Gasteiger partial charge in [0.1, 0.15) is 29.0 Å². The highest BCUT2D eigenvalue weighted by Gasteiger charge is 2.13. The van der Waals surface area contributed by atoms with E-state index in [1.54, 1.807) is 49.4 Å². The van der Waals surface area contributed by atoms with E-state index in [0.717, 1.165) is 5.56 Å². The van der Waals surface area contributed by atoms with Crippen LogP contribution >= 0.6 is 11.6 Å². The van der Waals surface area contributed by atoms with Crippen LogP contribution in [-0.2, 0) is 4.79 Å². The monoisotopic (exact) mass is 380 g/mol. The van der Waals surface area contributed by atoms with E-state index in [9.17, 15) is 14.4 Å². The molecule has 3 aromatic rings. The Morgan fingerprint density at radius 3 is 2.59 bits per heavy atom. The fourth-order valence-corrected chi connectivity index (χ4v) is 2.67. The molecule has 0 aliphatic rings. The number of amides is 1.